The predicted molar refractivity (Wildman–Crippen MR) is 110 cm³/mol. The second-order valence-corrected chi connectivity index (χ2v) is 7.50. The highest BCUT2D eigenvalue weighted by Crippen LogP contribution is 2.24. The van der Waals surface area contributed by atoms with Gasteiger partial charge in [0, 0.05) is 18.0 Å². The van der Waals surface area contributed by atoms with Gasteiger partial charge in [-0.2, -0.15) is 8.78 Å². The minimum Gasteiger partial charge on any atom is -0.455 e. The van der Waals surface area contributed by atoms with E-state index in [0.717, 1.165) is 18.4 Å². The number of benzene rings is 1. The third-order valence-corrected chi connectivity index (χ3v) is 4.87. The quantitative estimate of drug-likeness (QED) is 0.203. The van der Waals surface area contributed by atoms with E-state index in [2.05, 4.69) is 21.6 Å². The largest absolute Gasteiger partial charge is 0.455 e. The van der Waals surface area contributed by atoms with Crippen molar-refractivity contribution in [1.29, 1.82) is 0 Å². The van der Waals surface area contributed by atoms with Crippen molar-refractivity contribution in [3.8, 4) is 11.4 Å². The molecule has 1 aromatic carbocycles. The van der Waals surface area contributed by atoms with Crippen LogP contribution >= 0.6 is 0 Å². The summed E-state index contributed by atoms with van der Waals surface area (Å²) in [5.74, 6) is -5.01. The maximum Gasteiger partial charge on any atom is 0.340 e. The average Bonchev–Trinajstić information content (AvgIpc) is 2.77. The molecule has 1 heterocycles. The lowest BCUT2D eigenvalue weighted by Crippen LogP contribution is -2.33. The molecule has 0 spiro atoms. The van der Waals surface area contributed by atoms with E-state index in [-0.39, 0.29) is 5.56 Å². The van der Waals surface area contributed by atoms with Crippen LogP contribution in [0.15, 0.2) is 36.7 Å². The van der Waals surface area contributed by atoms with Crippen molar-refractivity contribution in [2.75, 3.05) is 6.61 Å². The van der Waals surface area contributed by atoms with Gasteiger partial charge in [-0.15, -0.1) is 0 Å². The number of esters is 1. The normalized spacial score (nSPS) is 11.7. The molecule has 0 unspecified atom stereocenters. The minimum absolute atomic E-state index is 0.0237. The van der Waals surface area contributed by atoms with E-state index in [0.29, 0.717) is 11.4 Å². The zero-order valence-electron chi connectivity index (χ0n) is 17.6. The summed E-state index contributed by atoms with van der Waals surface area (Å²) < 4.78 is 54.3. The van der Waals surface area contributed by atoms with Crippen LogP contribution < -0.4 is 0 Å². The number of hydrogen-bond acceptors (Lipinski definition) is 4. The molecule has 0 amide bonds. The first kappa shape index (κ1) is 24.8. The highest BCUT2D eigenvalue weighted by Gasteiger charge is 2.42. The first-order valence-corrected chi connectivity index (χ1v) is 10.6. The van der Waals surface area contributed by atoms with Crippen LogP contribution in [0.4, 0.5) is 17.6 Å². The Kier molecular flexibility index (Phi) is 9.88. The van der Waals surface area contributed by atoms with Crippen LogP contribution in [-0.2, 0) is 11.2 Å². The lowest BCUT2D eigenvalue weighted by molar-refractivity contribution is -0.155. The molecule has 2 rings (SSSR count). The Morgan fingerprint density at radius 2 is 1.55 bits per heavy atom. The Labute approximate surface area is 180 Å². The monoisotopic (exact) mass is 440 g/mol. The molecule has 8 heteroatoms. The summed E-state index contributed by atoms with van der Waals surface area (Å²) in [4.78, 5) is 20.5. The molecule has 0 saturated heterocycles. The summed E-state index contributed by atoms with van der Waals surface area (Å²) >= 11 is 0. The van der Waals surface area contributed by atoms with Crippen molar-refractivity contribution in [1.82, 2.24) is 9.97 Å². The van der Waals surface area contributed by atoms with Gasteiger partial charge in [0.25, 0.3) is 0 Å². The van der Waals surface area contributed by atoms with Crippen molar-refractivity contribution in [2.24, 2.45) is 0 Å². The van der Waals surface area contributed by atoms with E-state index < -0.39 is 24.9 Å². The van der Waals surface area contributed by atoms with Crippen molar-refractivity contribution in [3.63, 3.8) is 0 Å². The third kappa shape index (κ3) is 8.26. The summed E-state index contributed by atoms with van der Waals surface area (Å²) in [7, 11) is 0. The van der Waals surface area contributed by atoms with Crippen LogP contribution in [-0.4, -0.2) is 34.9 Å². The number of carbonyl (C=O) groups is 1. The van der Waals surface area contributed by atoms with E-state index in [1.165, 1.54) is 50.7 Å². The van der Waals surface area contributed by atoms with Gasteiger partial charge in [-0.1, -0.05) is 57.6 Å². The fourth-order valence-corrected chi connectivity index (χ4v) is 2.98. The Morgan fingerprint density at radius 3 is 2.13 bits per heavy atom. The van der Waals surface area contributed by atoms with Gasteiger partial charge in [0.2, 0.25) is 0 Å². The number of carbonyl (C=O) groups excluding carboxylic acids is 1. The van der Waals surface area contributed by atoms with Crippen molar-refractivity contribution < 1.29 is 27.1 Å². The lowest BCUT2D eigenvalue weighted by Gasteiger charge is -2.15. The van der Waals surface area contributed by atoms with Crippen LogP contribution in [0.1, 0.15) is 67.8 Å². The smallest absolute Gasteiger partial charge is 0.340 e. The van der Waals surface area contributed by atoms with Crippen LogP contribution in [0.25, 0.3) is 11.4 Å². The zero-order valence-corrected chi connectivity index (χ0v) is 17.6. The summed E-state index contributed by atoms with van der Waals surface area (Å²) in [6, 6.07) is 5.81. The van der Waals surface area contributed by atoms with Gasteiger partial charge in [-0.05, 0) is 30.5 Å². The molecule has 31 heavy (non-hydrogen) atoms. The van der Waals surface area contributed by atoms with Crippen molar-refractivity contribution in [2.45, 2.75) is 70.6 Å². The van der Waals surface area contributed by atoms with Gasteiger partial charge < -0.3 is 4.74 Å². The second-order valence-electron chi connectivity index (χ2n) is 7.50. The molecule has 0 aliphatic carbocycles. The van der Waals surface area contributed by atoms with Crippen LogP contribution in [0, 0.1) is 0 Å². The molecule has 0 saturated carbocycles. The third-order valence-electron chi connectivity index (χ3n) is 4.87. The molecule has 1 aromatic heterocycles. The number of hydrogen-bond donors (Lipinski definition) is 0. The standard InChI is InChI=1S/C23H28F4N2O2/c1-2-3-4-5-6-7-8-9-17-14-28-20(29-15-17)18-10-12-19(13-11-18)21(30)31-16-23(26,27)22(24)25/h10-15,22H,2-9,16H2,1H3. The van der Waals surface area contributed by atoms with Crippen LogP contribution in [0.2, 0.25) is 0 Å². The number of nitrogens with zero attached hydrogens (tertiary/aromatic N) is 2. The predicted octanol–water partition coefficient (Wildman–Crippen LogP) is 6.49. The van der Waals surface area contributed by atoms with E-state index in [1.807, 2.05) is 0 Å². The topological polar surface area (TPSA) is 52.1 Å². The molecule has 0 aliphatic rings. The fourth-order valence-electron chi connectivity index (χ4n) is 2.98. The minimum atomic E-state index is -4.37. The molecule has 2 aromatic rings. The molecule has 0 N–H and O–H groups in total. The Balaban J connectivity index is 1.82. The Hall–Kier alpha value is -2.51. The average molecular weight is 440 g/mol. The zero-order chi connectivity index (χ0) is 22.7. The number of aromatic nitrogens is 2. The number of unbranched alkanes of at least 4 members (excludes halogenated alkanes) is 6. The van der Waals surface area contributed by atoms with E-state index in [9.17, 15) is 22.4 Å². The molecule has 170 valence electrons. The van der Waals surface area contributed by atoms with Crippen molar-refractivity contribution in [3.05, 3.63) is 47.8 Å². The van der Waals surface area contributed by atoms with Gasteiger partial charge in [0.05, 0.1) is 5.56 Å². The first-order valence-electron chi connectivity index (χ1n) is 10.6. The summed E-state index contributed by atoms with van der Waals surface area (Å²) in [5, 5.41) is 0. The number of halogens is 4. The number of aryl methyl sites for hydroxylation is 1. The lowest BCUT2D eigenvalue weighted by atomic mass is 10.1. The second kappa shape index (κ2) is 12.4. The van der Waals surface area contributed by atoms with Gasteiger partial charge >= 0.3 is 18.3 Å². The first-order chi connectivity index (χ1) is 14.8. The van der Waals surface area contributed by atoms with Gasteiger partial charge in [-0.25, -0.2) is 23.5 Å². The van der Waals surface area contributed by atoms with E-state index in [4.69, 9.17) is 0 Å². The van der Waals surface area contributed by atoms with Crippen LogP contribution in [0.3, 0.4) is 0 Å². The molecule has 0 atom stereocenters. The van der Waals surface area contributed by atoms with Gasteiger partial charge in [-0.3, -0.25) is 0 Å². The SMILES string of the molecule is CCCCCCCCCc1cnc(-c2ccc(C(=O)OCC(F)(F)C(F)F)cc2)nc1. The van der Waals surface area contributed by atoms with Crippen LogP contribution in [0.5, 0.6) is 0 Å². The molecular weight excluding hydrogens is 412 g/mol. The van der Waals surface area contributed by atoms with E-state index >= 15 is 0 Å². The molecule has 0 radical (unpaired) electrons. The summed E-state index contributed by atoms with van der Waals surface area (Å²) in [6.45, 7) is 0.532. The highest BCUT2D eigenvalue weighted by molar-refractivity contribution is 5.89. The number of rotatable bonds is 13. The maximum absolute atomic E-state index is 12.9. The molecule has 0 fully saturated rings. The van der Waals surface area contributed by atoms with E-state index in [1.54, 1.807) is 24.5 Å². The fraction of sp³-hybridized carbons (Fsp3) is 0.522. The van der Waals surface area contributed by atoms with Crippen molar-refractivity contribution >= 4 is 5.97 Å². The van der Waals surface area contributed by atoms with Gasteiger partial charge in [0.15, 0.2) is 12.4 Å². The maximum atomic E-state index is 12.9. The molecule has 4 nitrogen and oxygen atoms in total. The summed E-state index contributed by atoms with van der Waals surface area (Å²) in [6.07, 6.45) is 9.21. The molecule has 0 aliphatic heterocycles. The molecule has 0 bridgehead atoms. The molecular formula is C23H28F4N2O2. The number of ether oxygens (including phenoxy) is 1. The summed E-state index contributed by atoms with van der Waals surface area (Å²) in [5.41, 5.74) is 1.67. The Morgan fingerprint density at radius 1 is 0.968 bits per heavy atom. The Bertz CT molecular complexity index is 796. The number of alkyl halides is 4. The van der Waals surface area contributed by atoms with Gasteiger partial charge in [0.1, 0.15) is 0 Å². The highest BCUT2D eigenvalue weighted by atomic mass is 19.3.